The van der Waals surface area contributed by atoms with Gasteiger partial charge in [0.2, 0.25) is 0 Å². The smallest absolute Gasteiger partial charge is 0.0705 e. The topological polar surface area (TPSA) is 56.0 Å². The largest absolute Gasteiger partial charge is 0.399 e. The highest BCUT2D eigenvalue weighted by molar-refractivity contribution is 7.84. The summed E-state index contributed by atoms with van der Waals surface area (Å²) in [5.41, 5.74) is 9.47. The molecule has 3 aromatic rings. The van der Waals surface area contributed by atoms with Gasteiger partial charge in [-0.1, -0.05) is 18.2 Å². The summed E-state index contributed by atoms with van der Waals surface area (Å²) in [4.78, 5) is 5.14. The molecule has 1 aromatic heterocycles. The number of anilines is 1. The number of para-hydroxylation sites is 1. The number of nitrogen functional groups attached to an aromatic ring is 1. The highest BCUT2D eigenvalue weighted by atomic mass is 32.2. The summed E-state index contributed by atoms with van der Waals surface area (Å²) in [5, 5.41) is 1.06. The third-order valence-electron chi connectivity index (χ3n) is 3.53. The molecule has 0 radical (unpaired) electrons. The molecule has 0 aliphatic heterocycles. The fraction of sp³-hybridized carbons (Fsp3) is 0.118. The Morgan fingerprint density at radius 2 is 1.95 bits per heavy atom. The number of fused-ring (bicyclic) bond motifs is 1. The van der Waals surface area contributed by atoms with Gasteiger partial charge in [0, 0.05) is 22.2 Å². The van der Waals surface area contributed by atoms with Crippen LogP contribution in [0.1, 0.15) is 11.1 Å². The molecule has 1 atom stereocenters. The van der Waals surface area contributed by atoms with Crippen molar-refractivity contribution in [3.63, 3.8) is 0 Å². The molecule has 4 heteroatoms. The van der Waals surface area contributed by atoms with Gasteiger partial charge in [-0.25, -0.2) is 0 Å². The van der Waals surface area contributed by atoms with Crippen molar-refractivity contribution in [2.45, 2.75) is 17.6 Å². The lowest BCUT2D eigenvalue weighted by atomic mass is 10.1. The zero-order chi connectivity index (χ0) is 14.8. The van der Waals surface area contributed by atoms with Crippen LogP contribution in [0.15, 0.2) is 59.6 Å². The Kier molecular flexibility index (Phi) is 3.71. The third-order valence-corrected chi connectivity index (χ3v) is 4.88. The molecule has 3 rings (SSSR count). The van der Waals surface area contributed by atoms with Crippen molar-refractivity contribution in [3.8, 4) is 0 Å². The van der Waals surface area contributed by atoms with Crippen LogP contribution in [0.3, 0.4) is 0 Å². The number of benzene rings is 2. The van der Waals surface area contributed by atoms with Gasteiger partial charge < -0.3 is 5.73 Å². The molecule has 106 valence electrons. The monoisotopic (exact) mass is 296 g/mol. The minimum atomic E-state index is -1.09. The van der Waals surface area contributed by atoms with Crippen LogP contribution in [0, 0.1) is 6.92 Å². The molecule has 21 heavy (non-hydrogen) atoms. The number of hydrogen-bond donors (Lipinski definition) is 1. The van der Waals surface area contributed by atoms with Crippen LogP contribution >= 0.6 is 0 Å². The standard InChI is InChI=1S/C17H16N2OS/c1-12-10-14(6-7-16(12)18)21(20)11-13-8-9-19-17-5-3-2-4-15(13)17/h2-10H,11,18H2,1H3. The van der Waals surface area contributed by atoms with Gasteiger partial charge in [0.05, 0.1) is 22.1 Å². The summed E-state index contributed by atoms with van der Waals surface area (Å²) in [7, 11) is -1.09. The number of rotatable bonds is 3. The molecule has 1 unspecified atom stereocenters. The van der Waals surface area contributed by atoms with E-state index in [0.717, 1.165) is 32.6 Å². The molecule has 0 amide bonds. The van der Waals surface area contributed by atoms with Crippen molar-refractivity contribution < 1.29 is 4.21 Å². The first-order valence-electron chi connectivity index (χ1n) is 6.72. The minimum Gasteiger partial charge on any atom is -0.399 e. The quantitative estimate of drug-likeness (QED) is 0.753. The summed E-state index contributed by atoms with van der Waals surface area (Å²) in [6.07, 6.45) is 1.77. The van der Waals surface area contributed by atoms with Crippen molar-refractivity contribution in [1.29, 1.82) is 0 Å². The second-order valence-corrected chi connectivity index (χ2v) is 6.45. The zero-order valence-electron chi connectivity index (χ0n) is 11.7. The lowest BCUT2D eigenvalue weighted by Crippen LogP contribution is -1.99. The molecule has 0 spiro atoms. The van der Waals surface area contributed by atoms with Crippen LogP contribution in [-0.4, -0.2) is 9.19 Å². The van der Waals surface area contributed by atoms with Gasteiger partial charge in [-0.15, -0.1) is 0 Å². The van der Waals surface area contributed by atoms with Crippen molar-refractivity contribution in [2.75, 3.05) is 5.73 Å². The summed E-state index contributed by atoms with van der Waals surface area (Å²) >= 11 is 0. The predicted octanol–water partition coefficient (Wildman–Crippen LogP) is 3.43. The van der Waals surface area contributed by atoms with Crippen molar-refractivity contribution in [3.05, 3.63) is 65.9 Å². The van der Waals surface area contributed by atoms with Crippen molar-refractivity contribution in [1.82, 2.24) is 4.98 Å². The van der Waals surface area contributed by atoms with Crippen LogP contribution in [0.5, 0.6) is 0 Å². The maximum atomic E-state index is 12.6. The Bertz CT molecular complexity index is 825. The number of pyridine rings is 1. The molecular formula is C17H16N2OS. The van der Waals surface area contributed by atoms with E-state index in [1.54, 1.807) is 6.20 Å². The maximum Gasteiger partial charge on any atom is 0.0705 e. The number of aromatic nitrogens is 1. The summed E-state index contributed by atoms with van der Waals surface area (Å²) in [6.45, 7) is 1.93. The van der Waals surface area contributed by atoms with E-state index in [9.17, 15) is 4.21 Å². The highest BCUT2D eigenvalue weighted by Gasteiger charge is 2.09. The van der Waals surface area contributed by atoms with Crippen LogP contribution in [0.25, 0.3) is 10.9 Å². The number of aryl methyl sites for hydroxylation is 1. The van der Waals surface area contributed by atoms with E-state index >= 15 is 0 Å². The lowest BCUT2D eigenvalue weighted by molar-refractivity contribution is 0.682. The van der Waals surface area contributed by atoms with E-state index in [0.29, 0.717) is 5.75 Å². The number of hydrogen-bond acceptors (Lipinski definition) is 3. The van der Waals surface area contributed by atoms with Crippen LogP contribution in [0.2, 0.25) is 0 Å². The average Bonchev–Trinajstić information content (AvgIpc) is 2.50. The van der Waals surface area contributed by atoms with E-state index in [4.69, 9.17) is 5.73 Å². The molecule has 0 bridgehead atoms. The average molecular weight is 296 g/mol. The molecule has 0 aliphatic carbocycles. The Hall–Kier alpha value is -2.20. The van der Waals surface area contributed by atoms with E-state index in [1.807, 2.05) is 55.5 Å². The SMILES string of the molecule is Cc1cc(S(=O)Cc2ccnc3ccccc23)ccc1N. The van der Waals surface area contributed by atoms with Crippen LogP contribution in [0.4, 0.5) is 5.69 Å². The predicted molar refractivity (Wildman–Crippen MR) is 87.4 cm³/mol. The molecule has 2 N–H and O–H groups in total. The van der Waals surface area contributed by atoms with Gasteiger partial charge in [0.15, 0.2) is 0 Å². The van der Waals surface area contributed by atoms with E-state index in [2.05, 4.69) is 4.98 Å². The van der Waals surface area contributed by atoms with Gasteiger partial charge in [-0.3, -0.25) is 9.19 Å². The molecule has 0 aliphatic rings. The Labute approximate surface area is 126 Å². The second-order valence-electron chi connectivity index (χ2n) is 5.00. The van der Waals surface area contributed by atoms with Crippen molar-refractivity contribution in [2.24, 2.45) is 0 Å². The Morgan fingerprint density at radius 3 is 2.76 bits per heavy atom. The first-order valence-corrected chi connectivity index (χ1v) is 8.04. The molecule has 3 nitrogen and oxygen atoms in total. The molecule has 0 saturated carbocycles. The van der Waals surface area contributed by atoms with Gasteiger partial charge >= 0.3 is 0 Å². The molecule has 2 aromatic carbocycles. The number of nitrogens with two attached hydrogens (primary N) is 1. The fourth-order valence-corrected chi connectivity index (χ4v) is 3.52. The first kappa shape index (κ1) is 13.8. The van der Waals surface area contributed by atoms with E-state index < -0.39 is 10.8 Å². The molecule has 0 fully saturated rings. The normalized spacial score (nSPS) is 12.4. The molecule has 0 saturated heterocycles. The second kappa shape index (κ2) is 5.66. The van der Waals surface area contributed by atoms with Gasteiger partial charge in [-0.05, 0) is 48.4 Å². The third kappa shape index (κ3) is 2.81. The molecular weight excluding hydrogens is 280 g/mol. The van der Waals surface area contributed by atoms with Gasteiger partial charge in [0.25, 0.3) is 0 Å². The van der Waals surface area contributed by atoms with Gasteiger partial charge in [0.1, 0.15) is 0 Å². The highest BCUT2D eigenvalue weighted by Crippen LogP contribution is 2.22. The van der Waals surface area contributed by atoms with E-state index in [1.165, 1.54) is 0 Å². The molecule has 1 heterocycles. The zero-order valence-corrected chi connectivity index (χ0v) is 12.6. The van der Waals surface area contributed by atoms with Gasteiger partial charge in [-0.2, -0.15) is 0 Å². The first-order chi connectivity index (χ1) is 10.1. The maximum absolute atomic E-state index is 12.6. The lowest BCUT2D eigenvalue weighted by Gasteiger charge is -2.08. The summed E-state index contributed by atoms with van der Waals surface area (Å²) in [5.74, 6) is 0.479. The van der Waals surface area contributed by atoms with E-state index in [-0.39, 0.29) is 0 Å². The Balaban J connectivity index is 1.94. The minimum absolute atomic E-state index is 0.479. The fourth-order valence-electron chi connectivity index (χ4n) is 2.30. The Morgan fingerprint density at radius 1 is 1.14 bits per heavy atom. The van der Waals surface area contributed by atoms with Crippen molar-refractivity contribution >= 4 is 27.4 Å². The van der Waals surface area contributed by atoms with Crippen LogP contribution in [-0.2, 0) is 16.6 Å². The summed E-state index contributed by atoms with van der Waals surface area (Å²) in [6, 6.07) is 15.4. The number of nitrogens with zero attached hydrogens (tertiary/aromatic N) is 1. The van der Waals surface area contributed by atoms with Crippen LogP contribution < -0.4 is 5.73 Å². The summed E-state index contributed by atoms with van der Waals surface area (Å²) < 4.78 is 12.6.